The van der Waals surface area contributed by atoms with Crippen LogP contribution in [0.15, 0.2) is 0 Å². The van der Waals surface area contributed by atoms with Crippen molar-refractivity contribution in [3.05, 3.63) is 0 Å². The van der Waals surface area contributed by atoms with Crippen LogP contribution in [0.5, 0.6) is 0 Å². The molecule has 1 heterocycles. The molecule has 1 amide bonds. The van der Waals surface area contributed by atoms with Crippen molar-refractivity contribution in [2.45, 2.75) is 19.0 Å². The third-order valence-electron chi connectivity index (χ3n) is 1.92. The molecule has 1 aliphatic heterocycles. The maximum absolute atomic E-state index is 11.2. The molecule has 0 saturated carbocycles. The van der Waals surface area contributed by atoms with Crippen LogP contribution in [0.1, 0.15) is 12.8 Å². The van der Waals surface area contributed by atoms with Crippen molar-refractivity contribution in [1.82, 2.24) is 4.90 Å². The molecule has 1 unspecified atom stereocenters. The van der Waals surface area contributed by atoms with Gasteiger partial charge in [0, 0.05) is 6.54 Å². The number of ether oxygens (including phenoxy) is 1. The molecular formula is C7H12N2O3. The van der Waals surface area contributed by atoms with Crippen molar-refractivity contribution in [1.29, 1.82) is 0 Å². The highest BCUT2D eigenvalue weighted by molar-refractivity contribution is 6.32. The Morgan fingerprint density at radius 2 is 2.25 bits per heavy atom. The normalized spacial score (nSPS) is 22.5. The summed E-state index contributed by atoms with van der Waals surface area (Å²) < 4.78 is 4.29. The van der Waals surface area contributed by atoms with E-state index < -0.39 is 11.9 Å². The van der Waals surface area contributed by atoms with E-state index >= 15 is 0 Å². The number of methoxy groups -OCH3 is 1. The summed E-state index contributed by atoms with van der Waals surface area (Å²) in [7, 11) is 1.18. The van der Waals surface area contributed by atoms with Crippen LogP contribution in [-0.2, 0) is 14.3 Å². The highest BCUT2D eigenvalue weighted by Gasteiger charge is 2.30. The molecular weight excluding hydrogens is 160 g/mol. The van der Waals surface area contributed by atoms with Gasteiger partial charge in [0.1, 0.15) is 0 Å². The molecule has 0 aromatic carbocycles. The zero-order valence-corrected chi connectivity index (χ0v) is 6.95. The average Bonchev–Trinajstić information content (AvgIpc) is 2.48. The Morgan fingerprint density at radius 3 is 2.67 bits per heavy atom. The van der Waals surface area contributed by atoms with Crippen LogP contribution in [0, 0.1) is 0 Å². The molecule has 1 saturated heterocycles. The van der Waals surface area contributed by atoms with E-state index in [1.54, 1.807) is 0 Å². The van der Waals surface area contributed by atoms with Gasteiger partial charge in [-0.3, -0.25) is 4.79 Å². The summed E-state index contributed by atoms with van der Waals surface area (Å²) in [4.78, 5) is 23.3. The molecule has 0 bridgehead atoms. The van der Waals surface area contributed by atoms with Gasteiger partial charge in [0.05, 0.1) is 13.3 Å². The van der Waals surface area contributed by atoms with Gasteiger partial charge < -0.3 is 15.4 Å². The lowest BCUT2D eigenvalue weighted by molar-refractivity contribution is -0.158. The van der Waals surface area contributed by atoms with Crippen molar-refractivity contribution in [2.24, 2.45) is 5.73 Å². The van der Waals surface area contributed by atoms with Gasteiger partial charge in [-0.25, -0.2) is 4.79 Å². The standard InChI is InChI=1S/C7H12N2O3/c1-12-7(11)6(10)9-4-2-3-5(9)8/h5H,2-4,8H2,1H3. The second-order valence-electron chi connectivity index (χ2n) is 2.70. The first-order valence-electron chi connectivity index (χ1n) is 3.81. The van der Waals surface area contributed by atoms with Gasteiger partial charge in [0.25, 0.3) is 0 Å². The minimum atomic E-state index is -0.840. The van der Waals surface area contributed by atoms with Gasteiger partial charge in [0.2, 0.25) is 0 Å². The summed E-state index contributed by atoms with van der Waals surface area (Å²) in [5, 5.41) is 0. The number of hydrogen-bond donors (Lipinski definition) is 1. The number of rotatable bonds is 0. The summed E-state index contributed by atoms with van der Waals surface area (Å²) in [5.74, 6) is -1.48. The smallest absolute Gasteiger partial charge is 0.396 e. The molecule has 68 valence electrons. The lowest BCUT2D eigenvalue weighted by atomic mass is 10.3. The maximum Gasteiger partial charge on any atom is 0.396 e. The van der Waals surface area contributed by atoms with Crippen molar-refractivity contribution < 1.29 is 14.3 Å². The van der Waals surface area contributed by atoms with E-state index in [-0.39, 0.29) is 6.17 Å². The molecule has 0 aliphatic carbocycles. The largest absolute Gasteiger partial charge is 0.462 e. The number of likely N-dealkylation sites (tertiary alicyclic amines) is 1. The van der Waals surface area contributed by atoms with Crippen LogP contribution < -0.4 is 5.73 Å². The van der Waals surface area contributed by atoms with Gasteiger partial charge in [0.15, 0.2) is 0 Å². The first-order valence-corrected chi connectivity index (χ1v) is 3.81. The topological polar surface area (TPSA) is 72.6 Å². The molecule has 1 aliphatic rings. The molecule has 0 spiro atoms. The van der Waals surface area contributed by atoms with E-state index in [4.69, 9.17) is 5.73 Å². The number of hydrogen-bond acceptors (Lipinski definition) is 4. The average molecular weight is 172 g/mol. The van der Waals surface area contributed by atoms with Gasteiger partial charge in [-0.15, -0.1) is 0 Å². The third kappa shape index (κ3) is 1.55. The maximum atomic E-state index is 11.2. The quantitative estimate of drug-likeness (QED) is 0.378. The molecule has 1 rings (SSSR count). The lowest BCUT2D eigenvalue weighted by Crippen LogP contribution is -2.44. The van der Waals surface area contributed by atoms with Crippen molar-refractivity contribution in [3.63, 3.8) is 0 Å². The number of carbonyl (C=O) groups excluding carboxylic acids is 2. The first kappa shape index (κ1) is 8.99. The Balaban J connectivity index is 2.57. The summed E-state index contributed by atoms with van der Waals surface area (Å²) in [5.41, 5.74) is 5.57. The van der Waals surface area contributed by atoms with E-state index in [2.05, 4.69) is 4.74 Å². The van der Waals surface area contributed by atoms with E-state index in [0.717, 1.165) is 12.8 Å². The predicted molar refractivity (Wildman–Crippen MR) is 40.9 cm³/mol. The van der Waals surface area contributed by atoms with Crippen LogP contribution in [-0.4, -0.2) is 36.6 Å². The van der Waals surface area contributed by atoms with Crippen LogP contribution in [0.4, 0.5) is 0 Å². The lowest BCUT2D eigenvalue weighted by Gasteiger charge is -2.18. The predicted octanol–water partition coefficient (Wildman–Crippen LogP) is -0.933. The Labute approximate surface area is 70.5 Å². The number of esters is 1. The number of nitrogens with two attached hydrogens (primary N) is 1. The Hall–Kier alpha value is -1.10. The molecule has 12 heavy (non-hydrogen) atoms. The number of carbonyl (C=O) groups is 2. The molecule has 5 nitrogen and oxygen atoms in total. The fourth-order valence-electron chi connectivity index (χ4n) is 1.25. The van der Waals surface area contributed by atoms with E-state index in [1.807, 2.05) is 0 Å². The molecule has 0 aromatic rings. The van der Waals surface area contributed by atoms with Crippen molar-refractivity contribution >= 4 is 11.9 Å². The zero-order valence-electron chi connectivity index (χ0n) is 6.95. The highest BCUT2D eigenvalue weighted by atomic mass is 16.5. The molecule has 1 atom stereocenters. The number of nitrogens with zero attached hydrogens (tertiary/aromatic N) is 1. The molecule has 0 radical (unpaired) electrons. The van der Waals surface area contributed by atoms with Crippen molar-refractivity contribution in [3.8, 4) is 0 Å². The Kier molecular flexibility index (Phi) is 2.65. The third-order valence-corrected chi connectivity index (χ3v) is 1.92. The zero-order chi connectivity index (χ0) is 9.14. The summed E-state index contributed by atoms with van der Waals surface area (Å²) in [6, 6.07) is 0. The fraction of sp³-hybridized carbons (Fsp3) is 0.714. The second kappa shape index (κ2) is 3.53. The van der Waals surface area contributed by atoms with Crippen LogP contribution in [0.3, 0.4) is 0 Å². The minimum Gasteiger partial charge on any atom is -0.462 e. The molecule has 2 N–H and O–H groups in total. The molecule has 0 aromatic heterocycles. The van der Waals surface area contributed by atoms with Crippen LogP contribution >= 0.6 is 0 Å². The molecule has 1 fully saturated rings. The summed E-state index contributed by atoms with van der Waals surface area (Å²) in [6.07, 6.45) is 1.28. The summed E-state index contributed by atoms with van der Waals surface area (Å²) in [6.45, 7) is 0.551. The summed E-state index contributed by atoms with van der Waals surface area (Å²) >= 11 is 0. The van der Waals surface area contributed by atoms with E-state index in [9.17, 15) is 9.59 Å². The van der Waals surface area contributed by atoms with Crippen molar-refractivity contribution in [2.75, 3.05) is 13.7 Å². The van der Waals surface area contributed by atoms with Gasteiger partial charge in [-0.1, -0.05) is 0 Å². The van der Waals surface area contributed by atoms with Crippen LogP contribution in [0.2, 0.25) is 0 Å². The van der Waals surface area contributed by atoms with Gasteiger partial charge in [-0.05, 0) is 12.8 Å². The minimum absolute atomic E-state index is 0.323. The van der Waals surface area contributed by atoms with Crippen LogP contribution in [0.25, 0.3) is 0 Å². The highest BCUT2D eigenvalue weighted by Crippen LogP contribution is 2.12. The Morgan fingerprint density at radius 1 is 1.58 bits per heavy atom. The van der Waals surface area contributed by atoms with E-state index in [0.29, 0.717) is 6.54 Å². The SMILES string of the molecule is COC(=O)C(=O)N1CCCC1N. The first-order chi connectivity index (χ1) is 5.66. The van der Waals surface area contributed by atoms with E-state index in [1.165, 1.54) is 12.0 Å². The number of amides is 1. The molecule has 5 heteroatoms. The second-order valence-corrected chi connectivity index (χ2v) is 2.70. The fourth-order valence-corrected chi connectivity index (χ4v) is 1.25. The monoisotopic (exact) mass is 172 g/mol. The van der Waals surface area contributed by atoms with Gasteiger partial charge >= 0.3 is 11.9 Å². The Bertz CT molecular complexity index is 205. The van der Waals surface area contributed by atoms with Gasteiger partial charge in [-0.2, -0.15) is 0 Å².